The van der Waals surface area contributed by atoms with E-state index in [0.717, 1.165) is 5.69 Å². The molecule has 1 heterocycles. The zero-order valence-corrected chi connectivity index (χ0v) is 18.2. The van der Waals surface area contributed by atoms with E-state index in [0.29, 0.717) is 33.8 Å². The van der Waals surface area contributed by atoms with Crippen molar-refractivity contribution >= 4 is 29.0 Å². The number of ketones is 1. The Morgan fingerprint density at radius 3 is 1.97 bits per heavy atom. The van der Waals surface area contributed by atoms with E-state index >= 15 is 0 Å². The second-order valence-corrected chi connectivity index (χ2v) is 7.54. The van der Waals surface area contributed by atoms with Crippen molar-refractivity contribution in [2.75, 3.05) is 10.6 Å². The van der Waals surface area contributed by atoms with Gasteiger partial charge in [0.2, 0.25) is 0 Å². The van der Waals surface area contributed by atoms with Gasteiger partial charge in [-0.3, -0.25) is 19.5 Å². The predicted molar refractivity (Wildman–Crippen MR) is 127 cm³/mol. The minimum Gasteiger partial charge on any atom is -0.322 e. The number of carbonyl (C=O) groups is 3. The summed E-state index contributed by atoms with van der Waals surface area (Å²) in [5, 5.41) is 12.5. The van der Waals surface area contributed by atoms with E-state index in [4.69, 9.17) is 0 Å². The van der Waals surface area contributed by atoms with Gasteiger partial charge in [-0.15, -0.1) is 0 Å². The van der Waals surface area contributed by atoms with Gasteiger partial charge in [-0.25, -0.2) is 0 Å². The number of nitrogens with zero attached hydrogens (tertiary/aromatic N) is 1. The molecule has 4 rings (SSSR count). The number of hydrogen-bond acceptors (Lipinski definition) is 4. The number of carbonyl (C=O) groups excluding carboxylic acids is 3. The minimum absolute atomic E-state index is 0.224. The van der Waals surface area contributed by atoms with Crippen LogP contribution in [0.3, 0.4) is 0 Å². The summed E-state index contributed by atoms with van der Waals surface area (Å²) in [6.45, 7) is 3.63. The predicted octanol–water partition coefficient (Wildman–Crippen LogP) is 4.76. The lowest BCUT2D eigenvalue weighted by molar-refractivity contribution is 0.0996. The van der Waals surface area contributed by atoms with Gasteiger partial charge in [0.25, 0.3) is 11.8 Å². The lowest BCUT2D eigenvalue weighted by atomic mass is 9.98. The smallest absolute Gasteiger partial charge is 0.256 e. The number of aryl methyl sites for hydroxylation is 2. The normalized spacial score (nSPS) is 10.5. The molecular formula is C26H22N4O3. The highest BCUT2D eigenvalue weighted by atomic mass is 16.2. The number of amides is 2. The molecule has 0 aliphatic carbocycles. The van der Waals surface area contributed by atoms with Crippen molar-refractivity contribution in [1.29, 1.82) is 0 Å². The lowest BCUT2D eigenvalue weighted by Gasteiger charge is -2.10. The van der Waals surface area contributed by atoms with Crippen LogP contribution >= 0.6 is 0 Å². The van der Waals surface area contributed by atoms with Crippen LogP contribution in [0.4, 0.5) is 11.4 Å². The Labute approximate surface area is 190 Å². The van der Waals surface area contributed by atoms with E-state index in [1.54, 1.807) is 79.7 Å². The number of nitrogens with one attached hydrogen (secondary N) is 3. The molecule has 7 heteroatoms. The second kappa shape index (κ2) is 9.32. The van der Waals surface area contributed by atoms with Crippen molar-refractivity contribution < 1.29 is 14.4 Å². The summed E-state index contributed by atoms with van der Waals surface area (Å²) in [6, 6.07) is 22.0. The largest absolute Gasteiger partial charge is 0.322 e. The molecule has 0 unspecified atom stereocenters. The Hall–Kier alpha value is -4.52. The van der Waals surface area contributed by atoms with Crippen molar-refractivity contribution in [3.63, 3.8) is 0 Å². The average Bonchev–Trinajstić information content (AvgIpc) is 3.16. The minimum atomic E-state index is -0.406. The van der Waals surface area contributed by atoms with Gasteiger partial charge in [0.15, 0.2) is 5.78 Å². The molecule has 4 aromatic rings. The maximum Gasteiger partial charge on any atom is 0.256 e. The second-order valence-electron chi connectivity index (χ2n) is 7.54. The lowest BCUT2D eigenvalue weighted by Crippen LogP contribution is -2.17. The molecule has 0 aliphatic rings. The number of aromatic nitrogens is 2. The number of H-pyrrole nitrogens is 1. The van der Waals surface area contributed by atoms with E-state index in [2.05, 4.69) is 20.8 Å². The summed E-state index contributed by atoms with van der Waals surface area (Å²) in [7, 11) is 0. The molecule has 164 valence electrons. The van der Waals surface area contributed by atoms with Gasteiger partial charge in [-0.1, -0.05) is 48.5 Å². The molecule has 0 aliphatic heterocycles. The molecule has 0 saturated heterocycles. The first-order valence-corrected chi connectivity index (χ1v) is 10.4. The van der Waals surface area contributed by atoms with Crippen molar-refractivity contribution in [2.45, 2.75) is 13.8 Å². The van der Waals surface area contributed by atoms with Crippen LogP contribution in [0.1, 0.15) is 48.0 Å². The van der Waals surface area contributed by atoms with E-state index in [1.807, 2.05) is 13.0 Å². The molecule has 0 fully saturated rings. The van der Waals surface area contributed by atoms with E-state index < -0.39 is 5.91 Å². The Kier molecular flexibility index (Phi) is 6.13. The van der Waals surface area contributed by atoms with Crippen LogP contribution in [-0.2, 0) is 0 Å². The molecule has 7 nitrogen and oxygen atoms in total. The third-order valence-corrected chi connectivity index (χ3v) is 5.22. The van der Waals surface area contributed by atoms with E-state index in [-0.39, 0.29) is 17.3 Å². The monoisotopic (exact) mass is 438 g/mol. The van der Waals surface area contributed by atoms with Gasteiger partial charge in [0.05, 0.1) is 22.6 Å². The molecule has 0 bridgehead atoms. The van der Waals surface area contributed by atoms with E-state index in [9.17, 15) is 14.4 Å². The summed E-state index contributed by atoms with van der Waals surface area (Å²) in [6.07, 6.45) is 0. The third-order valence-electron chi connectivity index (χ3n) is 5.22. The molecule has 0 radical (unpaired) electrons. The average molecular weight is 438 g/mol. The number of anilines is 2. The summed E-state index contributed by atoms with van der Waals surface area (Å²) < 4.78 is 0. The zero-order chi connectivity index (χ0) is 23.4. The first-order valence-electron chi connectivity index (χ1n) is 10.4. The fourth-order valence-electron chi connectivity index (χ4n) is 3.45. The highest BCUT2D eigenvalue weighted by Crippen LogP contribution is 2.20. The topological polar surface area (TPSA) is 104 Å². The highest BCUT2D eigenvalue weighted by Gasteiger charge is 2.18. The third kappa shape index (κ3) is 4.72. The fraction of sp³-hybridized carbons (Fsp3) is 0.0769. The van der Waals surface area contributed by atoms with Crippen molar-refractivity contribution in [2.24, 2.45) is 0 Å². The van der Waals surface area contributed by atoms with Gasteiger partial charge < -0.3 is 10.6 Å². The fourth-order valence-corrected chi connectivity index (χ4v) is 3.45. The Morgan fingerprint density at radius 1 is 0.697 bits per heavy atom. The van der Waals surface area contributed by atoms with Crippen molar-refractivity contribution in [3.8, 4) is 0 Å². The van der Waals surface area contributed by atoms with Crippen LogP contribution in [0.5, 0.6) is 0 Å². The van der Waals surface area contributed by atoms with Crippen LogP contribution in [0.25, 0.3) is 0 Å². The van der Waals surface area contributed by atoms with E-state index in [1.165, 1.54) is 0 Å². The van der Waals surface area contributed by atoms with Gasteiger partial charge in [-0.05, 0) is 44.2 Å². The van der Waals surface area contributed by atoms with Crippen LogP contribution in [-0.4, -0.2) is 27.8 Å². The summed E-state index contributed by atoms with van der Waals surface area (Å²) in [5.74, 6) is -0.908. The summed E-state index contributed by atoms with van der Waals surface area (Å²) in [4.78, 5) is 38.4. The van der Waals surface area contributed by atoms with Crippen molar-refractivity contribution in [3.05, 3.63) is 113 Å². The first kappa shape index (κ1) is 21.7. The molecule has 3 N–H and O–H groups in total. The van der Waals surface area contributed by atoms with Gasteiger partial charge in [0, 0.05) is 22.4 Å². The molecule has 2 amide bonds. The number of rotatable bonds is 6. The number of aromatic amines is 1. The van der Waals surface area contributed by atoms with Gasteiger partial charge >= 0.3 is 0 Å². The molecule has 33 heavy (non-hydrogen) atoms. The Bertz CT molecular complexity index is 1310. The quantitative estimate of drug-likeness (QED) is 0.378. The van der Waals surface area contributed by atoms with Crippen molar-refractivity contribution in [1.82, 2.24) is 10.2 Å². The first-order chi connectivity index (χ1) is 15.9. The maximum atomic E-state index is 12.9. The SMILES string of the molecule is Cc1n[nH]c(C)c1NC(=O)c1ccc(NC(=O)c2ccccc2C(=O)c2ccccc2)cc1. The molecule has 1 aromatic heterocycles. The Morgan fingerprint density at radius 2 is 1.33 bits per heavy atom. The molecule has 0 atom stereocenters. The van der Waals surface area contributed by atoms with Crippen LogP contribution in [0.15, 0.2) is 78.9 Å². The highest BCUT2D eigenvalue weighted by molar-refractivity contribution is 6.17. The molecule has 0 saturated carbocycles. The van der Waals surface area contributed by atoms with Crippen LogP contribution in [0, 0.1) is 13.8 Å². The molecular weight excluding hydrogens is 416 g/mol. The number of benzene rings is 3. The maximum absolute atomic E-state index is 12.9. The van der Waals surface area contributed by atoms with Crippen LogP contribution in [0.2, 0.25) is 0 Å². The van der Waals surface area contributed by atoms with Gasteiger partial charge in [0.1, 0.15) is 0 Å². The molecule has 0 spiro atoms. The summed E-state index contributed by atoms with van der Waals surface area (Å²) >= 11 is 0. The number of hydrogen-bond donors (Lipinski definition) is 3. The zero-order valence-electron chi connectivity index (χ0n) is 18.2. The van der Waals surface area contributed by atoms with Gasteiger partial charge in [-0.2, -0.15) is 5.10 Å². The van der Waals surface area contributed by atoms with Crippen LogP contribution < -0.4 is 10.6 Å². The summed E-state index contributed by atoms with van der Waals surface area (Å²) in [5.41, 5.74) is 4.18. The Balaban J connectivity index is 1.49. The molecule has 3 aromatic carbocycles. The standard InChI is InChI=1S/C26H22N4O3/c1-16-23(17(2)30-29-16)28-25(32)19-12-14-20(15-13-19)27-26(33)22-11-7-6-10-21(22)24(31)18-8-4-3-5-9-18/h3-15H,1-2H3,(H,27,33)(H,28,32)(H,29,30).